The number of hydrogen-bond acceptors (Lipinski definition) is 4. The molecule has 2 N–H and O–H groups in total. The zero-order valence-corrected chi connectivity index (χ0v) is 16.5. The lowest BCUT2D eigenvalue weighted by atomic mass is 9.98. The van der Waals surface area contributed by atoms with Crippen LogP contribution >= 0.6 is 0 Å². The van der Waals surface area contributed by atoms with E-state index in [-0.39, 0.29) is 18.1 Å². The lowest BCUT2D eigenvalue weighted by Crippen LogP contribution is -2.35. The van der Waals surface area contributed by atoms with Gasteiger partial charge in [-0.1, -0.05) is 54.6 Å². The predicted octanol–water partition coefficient (Wildman–Crippen LogP) is 4.76. The van der Waals surface area contributed by atoms with Crippen LogP contribution in [0.3, 0.4) is 0 Å². The van der Waals surface area contributed by atoms with E-state index in [4.69, 9.17) is 4.74 Å². The first-order chi connectivity index (χ1) is 15.3. The highest BCUT2D eigenvalue weighted by molar-refractivity contribution is 5.82. The molecule has 1 atom stereocenters. The van der Waals surface area contributed by atoms with Gasteiger partial charge < -0.3 is 15.2 Å². The maximum Gasteiger partial charge on any atom is 0.433 e. The average molecular weight is 442 g/mol. The maximum absolute atomic E-state index is 12.7. The lowest BCUT2D eigenvalue weighted by Gasteiger charge is -2.18. The number of carbonyl (C=O) groups is 2. The van der Waals surface area contributed by atoms with Crippen molar-refractivity contribution in [1.82, 2.24) is 10.3 Å². The summed E-state index contributed by atoms with van der Waals surface area (Å²) >= 11 is 0. The Hall–Kier alpha value is -3.88. The van der Waals surface area contributed by atoms with Crippen LogP contribution in [0, 0.1) is 0 Å². The molecule has 4 rings (SSSR count). The minimum absolute atomic E-state index is 0.0303. The first kappa shape index (κ1) is 21.4. The normalized spacial score (nSPS) is 13.7. The van der Waals surface area contributed by atoms with Crippen molar-refractivity contribution < 1.29 is 32.6 Å². The van der Waals surface area contributed by atoms with Gasteiger partial charge in [0.25, 0.3) is 0 Å². The molecule has 0 fully saturated rings. The van der Waals surface area contributed by atoms with Crippen LogP contribution in [0.2, 0.25) is 0 Å². The molecule has 3 aromatic rings. The molecule has 1 aliphatic rings. The number of pyridine rings is 1. The van der Waals surface area contributed by atoms with Gasteiger partial charge in [-0.25, -0.2) is 9.59 Å². The number of hydrogen-bond donors (Lipinski definition) is 2. The Morgan fingerprint density at radius 1 is 1.00 bits per heavy atom. The fraction of sp³-hybridized carbons (Fsp3) is 0.174. The van der Waals surface area contributed by atoms with Crippen molar-refractivity contribution in [3.05, 3.63) is 89.2 Å². The second kappa shape index (κ2) is 8.33. The molecule has 1 aliphatic carbocycles. The SMILES string of the molecule is O=C(NC(C(=O)O)c1ccc(C(F)(F)F)nc1)OCC1c2ccccc2-c2ccccc21. The molecular formula is C23H17F3N2O4. The van der Waals surface area contributed by atoms with Crippen LogP contribution in [0.25, 0.3) is 11.1 Å². The molecule has 32 heavy (non-hydrogen) atoms. The summed E-state index contributed by atoms with van der Waals surface area (Å²) in [7, 11) is 0. The Balaban J connectivity index is 1.47. The molecule has 9 heteroatoms. The number of carboxylic acids is 1. The van der Waals surface area contributed by atoms with Gasteiger partial charge in [-0.3, -0.25) is 4.98 Å². The van der Waals surface area contributed by atoms with Crippen molar-refractivity contribution in [3.8, 4) is 11.1 Å². The molecule has 0 aliphatic heterocycles. The Bertz CT molecular complexity index is 1120. The van der Waals surface area contributed by atoms with Crippen LogP contribution in [0.15, 0.2) is 66.9 Å². The summed E-state index contributed by atoms with van der Waals surface area (Å²) in [6, 6.07) is 15.4. The molecule has 0 saturated heterocycles. The first-order valence-electron chi connectivity index (χ1n) is 9.63. The quantitative estimate of drug-likeness (QED) is 0.595. The standard InChI is InChI=1S/C23H17F3N2O4/c24-23(25,26)19-10-9-13(11-27-19)20(21(29)30)28-22(31)32-12-18-16-7-3-1-5-14(16)15-6-2-4-8-17(15)18/h1-11,18,20H,12H2,(H,28,31)(H,29,30). The number of carboxylic acid groups (broad SMARTS) is 1. The molecule has 1 unspecified atom stereocenters. The topological polar surface area (TPSA) is 88.5 Å². The van der Waals surface area contributed by atoms with E-state index in [1.54, 1.807) is 0 Å². The second-order valence-corrected chi connectivity index (χ2v) is 7.22. The van der Waals surface area contributed by atoms with Crippen molar-refractivity contribution in [2.45, 2.75) is 18.1 Å². The summed E-state index contributed by atoms with van der Waals surface area (Å²) in [5.41, 5.74) is 2.78. The van der Waals surface area contributed by atoms with Crippen LogP contribution in [-0.4, -0.2) is 28.8 Å². The number of alkyl carbamates (subject to hydrolysis) is 1. The summed E-state index contributed by atoms with van der Waals surface area (Å²) in [5.74, 6) is -1.68. The minimum Gasteiger partial charge on any atom is -0.479 e. The van der Waals surface area contributed by atoms with Gasteiger partial charge in [-0.2, -0.15) is 13.2 Å². The average Bonchev–Trinajstić information content (AvgIpc) is 3.09. The van der Waals surface area contributed by atoms with Gasteiger partial charge in [0.15, 0.2) is 6.04 Å². The molecule has 0 bridgehead atoms. The number of alkyl halides is 3. The minimum atomic E-state index is -4.66. The number of fused-ring (bicyclic) bond motifs is 3. The van der Waals surface area contributed by atoms with Crippen LogP contribution in [0.4, 0.5) is 18.0 Å². The van der Waals surface area contributed by atoms with Crippen molar-refractivity contribution in [2.24, 2.45) is 0 Å². The monoisotopic (exact) mass is 442 g/mol. The smallest absolute Gasteiger partial charge is 0.433 e. The van der Waals surface area contributed by atoms with Gasteiger partial charge in [0.1, 0.15) is 12.3 Å². The van der Waals surface area contributed by atoms with Gasteiger partial charge >= 0.3 is 18.2 Å². The van der Waals surface area contributed by atoms with E-state index in [9.17, 15) is 27.9 Å². The lowest BCUT2D eigenvalue weighted by molar-refractivity contribution is -0.141. The summed E-state index contributed by atoms with van der Waals surface area (Å²) in [6.45, 7) is -0.0303. The van der Waals surface area contributed by atoms with E-state index in [2.05, 4.69) is 10.3 Å². The van der Waals surface area contributed by atoms with Gasteiger partial charge in [0, 0.05) is 17.7 Å². The number of nitrogens with zero attached hydrogens (tertiary/aromatic N) is 1. The van der Waals surface area contributed by atoms with Crippen LogP contribution < -0.4 is 5.32 Å². The molecule has 0 radical (unpaired) electrons. The van der Waals surface area contributed by atoms with Crippen LogP contribution in [0.5, 0.6) is 0 Å². The molecule has 1 aromatic heterocycles. The van der Waals surface area contributed by atoms with E-state index in [0.717, 1.165) is 34.5 Å². The Morgan fingerprint density at radius 3 is 2.09 bits per heavy atom. The van der Waals surface area contributed by atoms with Crippen molar-refractivity contribution >= 4 is 12.1 Å². The Labute approximate surface area is 180 Å². The second-order valence-electron chi connectivity index (χ2n) is 7.22. The van der Waals surface area contributed by atoms with Gasteiger partial charge in [-0.05, 0) is 28.3 Å². The number of aliphatic carboxylic acids is 1. The van der Waals surface area contributed by atoms with E-state index >= 15 is 0 Å². The number of rotatable bonds is 5. The number of ether oxygens (including phenoxy) is 1. The summed E-state index contributed by atoms with van der Waals surface area (Å²) in [4.78, 5) is 27.2. The molecule has 0 spiro atoms. The highest BCUT2D eigenvalue weighted by Gasteiger charge is 2.33. The fourth-order valence-electron chi connectivity index (χ4n) is 3.79. The summed E-state index contributed by atoms with van der Waals surface area (Å²) < 4.78 is 43.3. The van der Waals surface area contributed by atoms with Gasteiger partial charge in [-0.15, -0.1) is 0 Å². The molecule has 2 aromatic carbocycles. The van der Waals surface area contributed by atoms with Crippen molar-refractivity contribution in [1.29, 1.82) is 0 Å². The van der Waals surface area contributed by atoms with Gasteiger partial charge in [0.05, 0.1) is 0 Å². The highest BCUT2D eigenvalue weighted by atomic mass is 19.4. The zero-order chi connectivity index (χ0) is 22.9. The van der Waals surface area contributed by atoms with Crippen molar-refractivity contribution in [2.75, 3.05) is 6.61 Å². The van der Waals surface area contributed by atoms with E-state index in [1.165, 1.54) is 0 Å². The Morgan fingerprint density at radius 2 is 1.59 bits per heavy atom. The predicted molar refractivity (Wildman–Crippen MR) is 108 cm³/mol. The van der Waals surface area contributed by atoms with Crippen molar-refractivity contribution in [3.63, 3.8) is 0 Å². The van der Waals surface area contributed by atoms with Crippen LogP contribution in [0.1, 0.15) is 34.3 Å². The zero-order valence-electron chi connectivity index (χ0n) is 16.5. The number of carbonyl (C=O) groups excluding carboxylic acids is 1. The molecule has 1 heterocycles. The van der Waals surface area contributed by atoms with E-state index in [0.29, 0.717) is 6.07 Å². The summed E-state index contributed by atoms with van der Waals surface area (Å²) in [5, 5.41) is 11.6. The van der Waals surface area contributed by atoms with Gasteiger partial charge in [0.2, 0.25) is 0 Å². The fourth-order valence-corrected chi connectivity index (χ4v) is 3.79. The van der Waals surface area contributed by atoms with Crippen LogP contribution in [-0.2, 0) is 15.7 Å². The molecule has 0 saturated carbocycles. The molecular weight excluding hydrogens is 425 g/mol. The third-order valence-electron chi connectivity index (χ3n) is 5.26. The molecule has 164 valence electrons. The largest absolute Gasteiger partial charge is 0.479 e. The highest BCUT2D eigenvalue weighted by Crippen LogP contribution is 2.44. The Kier molecular flexibility index (Phi) is 5.56. The maximum atomic E-state index is 12.7. The number of aromatic nitrogens is 1. The number of halogens is 3. The number of amides is 1. The third kappa shape index (κ3) is 4.14. The molecule has 1 amide bonds. The number of nitrogens with one attached hydrogen (secondary N) is 1. The number of benzene rings is 2. The first-order valence-corrected chi connectivity index (χ1v) is 9.63. The summed E-state index contributed by atoms with van der Waals surface area (Å²) in [6.07, 6.45) is -4.89. The van der Waals surface area contributed by atoms with E-state index in [1.807, 2.05) is 48.5 Å². The van der Waals surface area contributed by atoms with E-state index < -0.39 is 30.0 Å². The molecule has 6 nitrogen and oxygen atoms in total. The third-order valence-corrected chi connectivity index (χ3v) is 5.26.